The SMILES string of the molecule is CCc1ccsc1C(NC)c1nccn1C. The molecule has 0 aromatic carbocycles. The minimum absolute atomic E-state index is 0.204. The third-order valence-corrected chi connectivity index (χ3v) is 3.85. The first kappa shape index (κ1) is 11.4. The van der Waals surface area contributed by atoms with Crippen LogP contribution in [0.4, 0.5) is 0 Å². The molecule has 16 heavy (non-hydrogen) atoms. The van der Waals surface area contributed by atoms with E-state index in [0.717, 1.165) is 12.2 Å². The van der Waals surface area contributed by atoms with Crippen molar-refractivity contribution in [3.8, 4) is 0 Å². The van der Waals surface area contributed by atoms with Gasteiger partial charge in [-0.1, -0.05) is 6.92 Å². The van der Waals surface area contributed by atoms with Gasteiger partial charge in [0, 0.05) is 24.3 Å². The molecule has 1 atom stereocenters. The van der Waals surface area contributed by atoms with Gasteiger partial charge in [0.2, 0.25) is 0 Å². The maximum Gasteiger partial charge on any atom is 0.131 e. The van der Waals surface area contributed by atoms with Crippen LogP contribution in [-0.2, 0) is 13.5 Å². The number of aromatic nitrogens is 2. The van der Waals surface area contributed by atoms with Crippen LogP contribution in [-0.4, -0.2) is 16.6 Å². The summed E-state index contributed by atoms with van der Waals surface area (Å²) < 4.78 is 2.07. The second-order valence-electron chi connectivity index (χ2n) is 3.78. The van der Waals surface area contributed by atoms with Gasteiger partial charge in [-0.25, -0.2) is 4.98 Å². The molecule has 0 aliphatic carbocycles. The first-order valence-corrected chi connectivity index (χ1v) is 6.36. The van der Waals surface area contributed by atoms with E-state index in [1.165, 1.54) is 10.4 Å². The topological polar surface area (TPSA) is 29.9 Å². The predicted octanol–water partition coefficient (Wildman–Crippen LogP) is 2.35. The summed E-state index contributed by atoms with van der Waals surface area (Å²) in [6, 6.07) is 2.41. The predicted molar refractivity (Wildman–Crippen MR) is 67.8 cm³/mol. The molecule has 2 rings (SSSR count). The molecule has 2 aromatic rings. The minimum Gasteiger partial charge on any atom is -0.336 e. The summed E-state index contributed by atoms with van der Waals surface area (Å²) in [5.74, 6) is 1.07. The molecule has 0 radical (unpaired) electrons. The molecule has 1 N–H and O–H groups in total. The van der Waals surface area contributed by atoms with E-state index in [-0.39, 0.29) is 6.04 Å². The molecule has 0 aliphatic heterocycles. The molecule has 3 nitrogen and oxygen atoms in total. The third-order valence-electron chi connectivity index (χ3n) is 2.83. The van der Waals surface area contributed by atoms with Crippen LogP contribution >= 0.6 is 11.3 Å². The number of thiophene rings is 1. The zero-order valence-electron chi connectivity index (χ0n) is 9.90. The molecular weight excluding hydrogens is 218 g/mol. The van der Waals surface area contributed by atoms with Crippen LogP contribution in [0.15, 0.2) is 23.8 Å². The Morgan fingerprint density at radius 3 is 2.94 bits per heavy atom. The van der Waals surface area contributed by atoms with E-state index in [1.807, 2.05) is 26.5 Å². The zero-order chi connectivity index (χ0) is 11.5. The summed E-state index contributed by atoms with van der Waals surface area (Å²) in [5.41, 5.74) is 1.41. The van der Waals surface area contributed by atoms with Gasteiger partial charge in [0.25, 0.3) is 0 Å². The monoisotopic (exact) mass is 235 g/mol. The number of hydrogen-bond acceptors (Lipinski definition) is 3. The number of aryl methyl sites for hydroxylation is 2. The van der Waals surface area contributed by atoms with E-state index in [0.29, 0.717) is 0 Å². The van der Waals surface area contributed by atoms with Gasteiger partial charge in [-0.3, -0.25) is 0 Å². The van der Waals surface area contributed by atoms with Crippen LogP contribution in [0.5, 0.6) is 0 Å². The van der Waals surface area contributed by atoms with Gasteiger partial charge >= 0.3 is 0 Å². The van der Waals surface area contributed by atoms with Gasteiger partial charge in [0.1, 0.15) is 11.9 Å². The highest BCUT2D eigenvalue weighted by Gasteiger charge is 2.19. The van der Waals surface area contributed by atoms with Gasteiger partial charge in [0.05, 0.1) is 0 Å². The smallest absolute Gasteiger partial charge is 0.131 e. The van der Waals surface area contributed by atoms with E-state index in [1.54, 1.807) is 11.3 Å². The fraction of sp³-hybridized carbons (Fsp3) is 0.417. The van der Waals surface area contributed by atoms with E-state index in [2.05, 4.69) is 33.2 Å². The normalized spacial score (nSPS) is 12.9. The Bertz CT molecular complexity index is 458. The van der Waals surface area contributed by atoms with E-state index < -0.39 is 0 Å². The summed E-state index contributed by atoms with van der Waals surface area (Å²) in [5, 5.41) is 5.50. The van der Waals surface area contributed by atoms with Crippen LogP contribution < -0.4 is 5.32 Å². The van der Waals surface area contributed by atoms with E-state index in [9.17, 15) is 0 Å². The van der Waals surface area contributed by atoms with Crippen LogP contribution in [0.2, 0.25) is 0 Å². The van der Waals surface area contributed by atoms with Crippen LogP contribution in [0.25, 0.3) is 0 Å². The lowest BCUT2D eigenvalue weighted by molar-refractivity contribution is 0.622. The highest BCUT2D eigenvalue weighted by molar-refractivity contribution is 7.10. The van der Waals surface area contributed by atoms with Crippen LogP contribution in [0, 0.1) is 0 Å². The second-order valence-corrected chi connectivity index (χ2v) is 4.73. The fourth-order valence-corrected chi connectivity index (χ4v) is 3.03. The first-order valence-electron chi connectivity index (χ1n) is 5.48. The number of nitrogens with zero attached hydrogens (tertiary/aromatic N) is 2. The van der Waals surface area contributed by atoms with Gasteiger partial charge in [0.15, 0.2) is 0 Å². The zero-order valence-corrected chi connectivity index (χ0v) is 10.7. The van der Waals surface area contributed by atoms with E-state index in [4.69, 9.17) is 0 Å². The lowest BCUT2D eigenvalue weighted by atomic mass is 10.1. The fourth-order valence-electron chi connectivity index (χ4n) is 1.93. The highest BCUT2D eigenvalue weighted by atomic mass is 32.1. The number of imidazole rings is 1. The van der Waals surface area contributed by atoms with Gasteiger partial charge in [-0.15, -0.1) is 11.3 Å². The van der Waals surface area contributed by atoms with Crippen molar-refractivity contribution in [2.45, 2.75) is 19.4 Å². The molecule has 1 unspecified atom stereocenters. The minimum atomic E-state index is 0.204. The molecule has 86 valence electrons. The van der Waals surface area contributed by atoms with Crippen molar-refractivity contribution in [2.24, 2.45) is 7.05 Å². The van der Waals surface area contributed by atoms with Crippen molar-refractivity contribution in [1.82, 2.24) is 14.9 Å². The van der Waals surface area contributed by atoms with Crippen LogP contribution in [0.3, 0.4) is 0 Å². The number of nitrogens with one attached hydrogen (secondary N) is 1. The van der Waals surface area contributed by atoms with Gasteiger partial charge < -0.3 is 9.88 Å². The highest BCUT2D eigenvalue weighted by Crippen LogP contribution is 2.28. The summed E-state index contributed by atoms with van der Waals surface area (Å²) in [6.07, 6.45) is 4.90. The average molecular weight is 235 g/mol. The van der Waals surface area contributed by atoms with Crippen molar-refractivity contribution in [2.75, 3.05) is 7.05 Å². The molecular formula is C12H17N3S. The Morgan fingerprint density at radius 1 is 1.56 bits per heavy atom. The quantitative estimate of drug-likeness (QED) is 0.881. The van der Waals surface area contributed by atoms with Crippen LogP contribution in [0.1, 0.15) is 29.2 Å². The Kier molecular flexibility index (Phi) is 3.41. The molecule has 0 spiro atoms. The Morgan fingerprint density at radius 2 is 2.38 bits per heavy atom. The summed E-state index contributed by atoms with van der Waals surface area (Å²) >= 11 is 1.80. The molecule has 0 saturated heterocycles. The standard InChI is InChI=1S/C12H17N3S/c1-4-9-5-8-16-11(9)10(13-2)12-14-6-7-15(12)3/h5-8,10,13H,4H2,1-3H3. The Labute approximate surface area is 100 Å². The molecule has 0 saturated carbocycles. The number of rotatable bonds is 4. The van der Waals surface area contributed by atoms with Crippen molar-refractivity contribution >= 4 is 11.3 Å². The molecule has 2 heterocycles. The molecule has 2 aromatic heterocycles. The van der Waals surface area contributed by atoms with Crippen molar-refractivity contribution < 1.29 is 0 Å². The molecule has 0 fully saturated rings. The van der Waals surface area contributed by atoms with Gasteiger partial charge in [-0.05, 0) is 30.5 Å². The van der Waals surface area contributed by atoms with E-state index >= 15 is 0 Å². The number of hydrogen-bond donors (Lipinski definition) is 1. The largest absolute Gasteiger partial charge is 0.336 e. The molecule has 0 amide bonds. The Balaban J connectivity index is 2.40. The maximum absolute atomic E-state index is 4.43. The summed E-state index contributed by atoms with van der Waals surface area (Å²) in [7, 11) is 4.02. The summed E-state index contributed by atoms with van der Waals surface area (Å²) in [6.45, 7) is 2.19. The maximum atomic E-state index is 4.43. The van der Waals surface area contributed by atoms with Crippen molar-refractivity contribution in [1.29, 1.82) is 0 Å². The lowest BCUT2D eigenvalue weighted by Crippen LogP contribution is -2.21. The van der Waals surface area contributed by atoms with Crippen molar-refractivity contribution in [3.63, 3.8) is 0 Å². The Hall–Kier alpha value is -1.13. The second kappa shape index (κ2) is 4.80. The molecule has 0 bridgehead atoms. The first-order chi connectivity index (χ1) is 7.77. The summed E-state index contributed by atoms with van der Waals surface area (Å²) in [4.78, 5) is 5.80. The third kappa shape index (κ3) is 1.90. The average Bonchev–Trinajstić information content (AvgIpc) is 2.90. The molecule has 4 heteroatoms. The lowest BCUT2D eigenvalue weighted by Gasteiger charge is -2.16. The van der Waals surface area contributed by atoms with Crippen molar-refractivity contribution in [3.05, 3.63) is 40.1 Å². The molecule has 0 aliphatic rings. The van der Waals surface area contributed by atoms with Gasteiger partial charge in [-0.2, -0.15) is 0 Å².